The Labute approximate surface area is 142 Å². The normalized spacial score (nSPS) is 16.0. The molecule has 0 aromatic heterocycles. The fourth-order valence-electron chi connectivity index (χ4n) is 2.46. The second-order valence-electron chi connectivity index (χ2n) is 6.51. The van der Waals surface area contributed by atoms with Crippen LogP contribution >= 0.6 is 0 Å². The minimum atomic E-state index is 0.182. The third-order valence-electron chi connectivity index (χ3n) is 4.21. The molecule has 1 saturated carbocycles. The molecule has 1 unspecified atom stereocenters. The number of rotatable bonds is 12. The lowest BCUT2D eigenvalue weighted by atomic mass is 10.00. The van der Waals surface area contributed by atoms with Crippen LogP contribution in [0.4, 0.5) is 0 Å². The lowest BCUT2D eigenvalue weighted by Crippen LogP contribution is -2.38. The van der Waals surface area contributed by atoms with Crippen LogP contribution in [-0.2, 0) is 4.79 Å². The van der Waals surface area contributed by atoms with Crippen molar-refractivity contribution < 1.29 is 4.79 Å². The number of carbonyl (C=O) groups excluding carboxylic acids is 1. The highest BCUT2D eigenvalue weighted by molar-refractivity contribution is 5.80. The third kappa shape index (κ3) is 10.2. The van der Waals surface area contributed by atoms with Crippen LogP contribution < -0.4 is 16.0 Å². The Kier molecular flexibility index (Phi) is 10.5. The number of carbonyl (C=O) groups is 1. The van der Waals surface area contributed by atoms with Crippen LogP contribution in [0.2, 0.25) is 0 Å². The van der Waals surface area contributed by atoms with Gasteiger partial charge in [-0.1, -0.05) is 33.1 Å². The molecule has 0 radical (unpaired) electrons. The fourth-order valence-corrected chi connectivity index (χ4v) is 2.46. The molecule has 1 atom stereocenters. The number of hydrogen-bond acceptors (Lipinski definition) is 2. The van der Waals surface area contributed by atoms with Crippen molar-refractivity contribution in [1.29, 1.82) is 0 Å². The average Bonchev–Trinajstić information content (AvgIpc) is 3.35. The molecular formula is C18H36N4O. The number of hydrogen-bond donors (Lipinski definition) is 3. The zero-order valence-corrected chi connectivity index (χ0v) is 15.3. The van der Waals surface area contributed by atoms with Crippen molar-refractivity contribution in [3.63, 3.8) is 0 Å². The first-order chi connectivity index (χ1) is 11.2. The van der Waals surface area contributed by atoms with Crippen molar-refractivity contribution in [2.75, 3.05) is 19.6 Å². The quantitative estimate of drug-likeness (QED) is 0.294. The van der Waals surface area contributed by atoms with Crippen LogP contribution in [-0.4, -0.2) is 37.5 Å². The summed E-state index contributed by atoms with van der Waals surface area (Å²) in [6.07, 6.45) is 8.72. The molecule has 1 fully saturated rings. The van der Waals surface area contributed by atoms with E-state index in [0.717, 1.165) is 44.9 Å². The topological polar surface area (TPSA) is 65.5 Å². The second-order valence-corrected chi connectivity index (χ2v) is 6.51. The van der Waals surface area contributed by atoms with Crippen molar-refractivity contribution >= 4 is 11.9 Å². The zero-order valence-electron chi connectivity index (χ0n) is 15.3. The van der Waals surface area contributed by atoms with Gasteiger partial charge < -0.3 is 16.0 Å². The molecule has 0 bridgehead atoms. The summed E-state index contributed by atoms with van der Waals surface area (Å²) in [5.74, 6) is 1.74. The van der Waals surface area contributed by atoms with Crippen LogP contribution in [0.5, 0.6) is 0 Å². The maximum atomic E-state index is 11.6. The molecular weight excluding hydrogens is 288 g/mol. The molecule has 3 N–H and O–H groups in total. The number of guanidine groups is 1. The molecule has 0 spiro atoms. The lowest BCUT2D eigenvalue weighted by Gasteiger charge is -2.15. The van der Waals surface area contributed by atoms with E-state index in [4.69, 9.17) is 4.99 Å². The molecule has 0 saturated heterocycles. The maximum absolute atomic E-state index is 11.6. The van der Waals surface area contributed by atoms with E-state index in [1.54, 1.807) is 0 Å². The van der Waals surface area contributed by atoms with Crippen molar-refractivity contribution in [3.05, 3.63) is 0 Å². The van der Waals surface area contributed by atoms with Crippen LogP contribution in [0.15, 0.2) is 4.99 Å². The van der Waals surface area contributed by atoms with E-state index in [1.807, 2.05) is 0 Å². The first-order valence-electron chi connectivity index (χ1n) is 9.51. The van der Waals surface area contributed by atoms with Crippen molar-refractivity contribution in [3.8, 4) is 0 Å². The predicted octanol–water partition coefficient (Wildman–Crippen LogP) is 2.82. The van der Waals surface area contributed by atoms with Gasteiger partial charge in [0.05, 0.1) is 0 Å². The first kappa shape index (κ1) is 19.8. The molecule has 5 heteroatoms. The SMILES string of the molecule is CCCCC(CC)CN=C(NCC)NCCCC(=O)NC1CC1. The Morgan fingerprint density at radius 3 is 2.57 bits per heavy atom. The van der Waals surface area contributed by atoms with Crippen LogP contribution in [0.25, 0.3) is 0 Å². The summed E-state index contributed by atoms with van der Waals surface area (Å²) in [5.41, 5.74) is 0. The summed E-state index contributed by atoms with van der Waals surface area (Å²) < 4.78 is 0. The largest absolute Gasteiger partial charge is 0.357 e. The highest BCUT2D eigenvalue weighted by atomic mass is 16.1. The van der Waals surface area contributed by atoms with Gasteiger partial charge >= 0.3 is 0 Å². The Morgan fingerprint density at radius 1 is 1.17 bits per heavy atom. The molecule has 1 aliphatic carbocycles. The molecule has 1 rings (SSSR count). The van der Waals surface area contributed by atoms with Gasteiger partial charge in [0.1, 0.15) is 0 Å². The fraction of sp³-hybridized carbons (Fsp3) is 0.889. The van der Waals surface area contributed by atoms with E-state index in [9.17, 15) is 4.79 Å². The summed E-state index contributed by atoms with van der Waals surface area (Å²) >= 11 is 0. The van der Waals surface area contributed by atoms with E-state index in [0.29, 0.717) is 18.4 Å². The van der Waals surface area contributed by atoms with Crippen LogP contribution in [0.1, 0.15) is 72.1 Å². The molecule has 0 aromatic rings. The Morgan fingerprint density at radius 2 is 1.96 bits per heavy atom. The molecule has 134 valence electrons. The van der Waals surface area contributed by atoms with Gasteiger partial charge in [-0.3, -0.25) is 9.79 Å². The minimum Gasteiger partial charge on any atom is -0.357 e. The number of nitrogens with zero attached hydrogens (tertiary/aromatic N) is 1. The molecule has 1 amide bonds. The van der Waals surface area contributed by atoms with Crippen molar-refractivity contribution in [2.45, 2.75) is 78.2 Å². The number of amides is 1. The Balaban J connectivity index is 2.23. The maximum Gasteiger partial charge on any atom is 0.220 e. The molecule has 5 nitrogen and oxygen atoms in total. The van der Waals surface area contributed by atoms with E-state index in [2.05, 4.69) is 36.7 Å². The van der Waals surface area contributed by atoms with Gasteiger partial charge in [-0.25, -0.2) is 0 Å². The molecule has 0 aromatic carbocycles. The van der Waals surface area contributed by atoms with Crippen LogP contribution in [0.3, 0.4) is 0 Å². The predicted molar refractivity (Wildman–Crippen MR) is 97.7 cm³/mol. The second kappa shape index (κ2) is 12.2. The zero-order chi connectivity index (χ0) is 16.9. The average molecular weight is 325 g/mol. The molecule has 0 heterocycles. The summed E-state index contributed by atoms with van der Waals surface area (Å²) in [4.78, 5) is 16.3. The summed E-state index contributed by atoms with van der Waals surface area (Å²) in [7, 11) is 0. The van der Waals surface area contributed by atoms with Crippen LogP contribution in [0, 0.1) is 5.92 Å². The monoisotopic (exact) mass is 324 g/mol. The number of aliphatic imine (C=N–C) groups is 1. The van der Waals surface area contributed by atoms with Crippen molar-refractivity contribution in [2.24, 2.45) is 10.9 Å². The third-order valence-corrected chi connectivity index (χ3v) is 4.21. The van der Waals surface area contributed by atoms with Crippen molar-refractivity contribution in [1.82, 2.24) is 16.0 Å². The highest BCUT2D eigenvalue weighted by Gasteiger charge is 2.22. The number of unbranched alkanes of at least 4 members (excludes halogenated alkanes) is 1. The summed E-state index contributed by atoms with van der Waals surface area (Å²) in [5, 5.41) is 9.65. The molecule has 0 aliphatic heterocycles. The van der Waals surface area contributed by atoms with E-state index < -0.39 is 0 Å². The first-order valence-corrected chi connectivity index (χ1v) is 9.51. The minimum absolute atomic E-state index is 0.182. The van der Waals surface area contributed by atoms with Gasteiger partial charge in [0.25, 0.3) is 0 Å². The standard InChI is InChI=1S/C18H36N4O/c1-4-7-9-15(5-2)14-21-18(19-6-3)20-13-8-10-17(23)22-16-11-12-16/h15-16H,4-14H2,1-3H3,(H,22,23)(H2,19,20,21). The van der Waals surface area contributed by atoms with E-state index in [-0.39, 0.29) is 5.91 Å². The van der Waals surface area contributed by atoms with Gasteiger partial charge in [0.2, 0.25) is 5.91 Å². The smallest absolute Gasteiger partial charge is 0.220 e. The summed E-state index contributed by atoms with van der Waals surface area (Å²) in [6.45, 7) is 9.09. The van der Waals surface area contributed by atoms with Gasteiger partial charge in [-0.15, -0.1) is 0 Å². The van der Waals surface area contributed by atoms with E-state index in [1.165, 1.54) is 25.7 Å². The molecule has 23 heavy (non-hydrogen) atoms. The summed E-state index contributed by atoms with van der Waals surface area (Å²) in [6, 6.07) is 0.462. The molecule has 1 aliphatic rings. The number of nitrogens with one attached hydrogen (secondary N) is 3. The van der Waals surface area contributed by atoms with Gasteiger partial charge in [-0.05, 0) is 38.5 Å². The van der Waals surface area contributed by atoms with Gasteiger partial charge in [0, 0.05) is 32.1 Å². The van der Waals surface area contributed by atoms with E-state index >= 15 is 0 Å². The van der Waals surface area contributed by atoms with Gasteiger partial charge in [-0.2, -0.15) is 0 Å². The Bertz CT molecular complexity index is 353. The Hall–Kier alpha value is -1.26. The highest BCUT2D eigenvalue weighted by Crippen LogP contribution is 2.18. The lowest BCUT2D eigenvalue weighted by molar-refractivity contribution is -0.121. The van der Waals surface area contributed by atoms with Gasteiger partial charge in [0.15, 0.2) is 5.96 Å².